The van der Waals surface area contributed by atoms with E-state index < -0.39 is 12.5 Å². The second-order valence-electron chi connectivity index (χ2n) is 21.0. The number of carbonyl (C=O) groups excluding carboxylic acids is 2. The topological polar surface area (TPSA) is 124 Å². The Balaban J connectivity index is 0.000000383. The molecule has 0 spiro atoms. The Kier molecular flexibility index (Phi) is 17.7. The van der Waals surface area contributed by atoms with Gasteiger partial charge in [0.15, 0.2) is 0 Å². The first-order chi connectivity index (χ1) is 24.6. The van der Waals surface area contributed by atoms with Gasteiger partial charge in [-0.15, -0.1) is 0 Å². The van der Waals surface area contributed by atoms with Crippen molar-refractivity contribution in [3.8, 4) is 0 Å². The Morgan fingerprint density at radius 2 is 1.07 bits per heavy atom. The van der Waals surface area contributed by atoms with Crippen LogP contribution in [0.3, 0.4) is 0 Å². The summed E-state index contributed by atoms with van der Waals surface area (Å²) in [6.45, 7) is 33.2. The molecule has 0 aromatic rings. The van der Waals surface area contributed by atoms with Crippen molar-refractivity contribution in [3.63, 3.8) is 0 Å². The Labute approximate surface area is 332 Å². The van der Waals surface area contributed by atoms with Crippen molar-refractivity contribution >= 4 is 26.1 Å². The molecule has 10 nitrogen and oxygen atoms in total. The molecule has 3 rings (SSSR count). The summed E-state index contributed by atoms with van der Waals surface area (Å²) in [5.41, 5.74) is -1.75. The molecule has 3 fully saturated rings. The molecule has 3 aliphatic rings. The van der Waals surface area contributed by atoms with Gasteiger partial charge in [-0.25, -0.2) is 0 Å². The van der Waals surface area contributed by atoms with Gasteiger partial charge in [0.05, 0.1) is 22.0 Å². The van der Waals surface area contributed by atoms with E-state index in [1.54, 1.807) is 0 Å². The van der Waals surface area contributed by atoms with E-state index in [9.17, 15) is 9.59 Å². The highest BCUT2D eigenvalue weighted by molar-refractivity contribution is 6.45. The minimum atomic E-state index is -1.25. The van der Waals surface area contributed by atoms with Crippen molar-refractivity contribution in [1.82, 2.24) is 20.4 Å². The van der Waals surface area contributed by atoms with Gasteiger partial charge in [-0.05, 0) is 158 Å². The third kappa shape index (κ3) is 14.3. The Hall–Kier alpha value is -1.17. The smallest absolute Gasteiger partial charge is 0.427 e. The Bertz CT molecular complexity index is 1170. The van der Waals surface area contributed by atoms with E-state index in [4.69, 9.17) is 19.4 Å². The number of rotatable bonds is 14. The number of amides is 2. The van der Waals surface area contributed by atoms with Gasteiger partial charge in [-0.1, -0.05) is 53.4 Å². The molecule has 1 aliphatic heterocycles. The first-order valence-corrected chi connectivity index (χ1v) is 21.3. The highest BCUT2D eigenvalue weighted by Crippen LogP contribution is 2.48. The summed E-state index contributed by atoms with van der Waals surface area (Å²) in [5, 5.41) is 24.8. The molecule has 0 bridgehead atoms. The van der Waals surface area contributed by atoms with Crippen molar-refractivity contribution in [3.05, 3.63) is 0 Å². The van der Waals surface area contributed by atoms with E-state index >= 15 is 0 Å². The lowest BCUT2D eigenvalue weighted by Gasteiger charge is -2.46. The molecule has 1 saturated heterocycles. The van der Waals surface area contributed by atoms with Crippen LogP contribution in [0.1, 0.15) is 148 Å². The lowest BCUT2D eigenvalue weighted by molar-refractivity contribution is -0.139. The number of nitrogens with zero attached hydrogens (tertiary/aromatic N) is 2. The molecule has 6 atom stereocenters. The maximum atomic E-state index is 13.4. The van der Waals surface area contributed by atoms with Crippen LogP contribution in [0.4, 0.5) is 0 Å². The summed E-state index contributed by atoms with van der Waals surface area (Å²) in [4.78, 5) is 31.1. The van der Waals surface area contributed by atoms with E-state index in [1.807, 2.05) is 20.8 Å². The summed E-state index contributed by atoms with van der Waals surface area (Å²) >= 11 is 0. The van der Waals surface area contributed by atoms with Crippen molar-refractivity contribution in [2.45, 2.75) is 183 Å². The molecule has 54 heavy (non-hydrogen) atoms. The fourth-order valence-corrected chi connectivity index (χ4v) is 8.70. The van der Waals surface area contributed by atoms with E-state index in [1.165, 1.54) is 6.42 Å². The summed E-state index contributed by atoms with van der Waals surface area (Å²) in [6.07, 6.45) is 9.23. The minimum absolute atomic E-state index is 0.138. The zero-order chi connectivity index (χ0) is 41.5. The summed E-state index contributed by atoms with van der Waals surface area (Å²) in [6, 6.07) is 0. The number of carbonyl (C=O) groups is 2. The normalized spacial score (nSPS) is 29.8. The molecule has 2 aliphatic carbocycles. The molecule has 0 unspecified atom stereocenters. The molecule has 2 amide bonds. The molecule has 1 heterocycles. The Morgan fingerprint density at radius 1 is 0.704 bits per heavy atom. The Morgan fingerprint density at radius 3 is 1.41 bits per heavy atom. The van der Waals surface area contributed by atoms with Crippen molar-refractivity contribution < 1.29 is 28.9 Å². The average molecular weight is 763 g/mol. The molecule has 0 aromatic carbocycles. The van der Waals surface area contributed by atoms with Gasteiger partial charge in [-0.3, -0.25) is 9.59 Å². The standard InChI is InChI=1S/C24H47BN2O3.C18H37BN2O3/c1-11-27(10)17-19-13-12-18(16-24(19,9)20(28)26-21(2,3)4)14-15-25-29-22(5,6)23(7,8)30-25;1-7-21(6)13-15-9-8-14(10-11-19(23)24)12-18(15,5)16(22)20-17(2,3)4/h18-19H,11-17H2,1-10H3,(H,26,28);14-15,23-24H,7-13H2,1-6H3,(H,20,22)/t18-,19-,24-;14-,15-,18-/m00/s1. The van der Waals surface area contributed by atoms with Crippen LogP contribution in [0.25, 0.3) is 0 Å². The van der Waals surface area contributed by atoms with Crippen LogP contribution >= 0.6 is 0 Å². The molecule has 4 N–H and O–H groups in total. The summed E-state index contributed by atoms with van der Waals surface area (Å²) in [7, 11) is 2.88. The van der Waals surface area contributed by atoms with Crippen LogP contribution in [0, 0.1) is 34.5 Å². The number of hydrogen-bond acceptors (Lipinski definition) is 8. The molecule has 0 aromatic heterocycles. The maximum absolute atomic E-state index is 13.4. The quantitative estimate of drug-likeness (QED) is 0.141. The van der Waals surface area contributed by atoms with Crippen LogP contribution in [-0.4, -0.2) is 108 Å². The maximum Gasteiger partial charge on any atom is 0.457 e. The van der Waals surface area contributed by atoms with Crippen molar-refractivity contribution in [2.75, 3.05) is 40.3 Å². The van der Waals surface area contributed by atoms with Gasteiger partial charge in [0.2, 0.25) is 11.8 Å². The van der Waals surface area contributed by atoms with Gasteiger partial charge in [-0.2, -0.15) is 0 Å². The van der Waals surface area contributed by atoms with E-state index in [0.29, 0.717) is 30.0 Å². The number of hydrogen-bond donors (Lipinski definition) is 4. The average Bonchev–Trinajstić information content (AvgIpc) is 3.24. The predicted octanol–water partition coefficient (Wildman–Crippen LogP) is 6.90. The summed E-state index contributed by atoms with van der Waals surface area (Å²) < 4.78 is 12.4. The summed E-state index contributed by atoms with van der Waals surface area (Å²) in [5.74, 6) is 1.98. The van der Waals surface area contributed by atoms with Crippen molar-refractivity contribution in [2.24, 2.45) is 34.5 Å². The van der Waals surface area contributed by atoms with E-state index in [0.717, 1.165) is 77.4 Å². The van der Waals surface area contributed by atoms with Gasteiger partial charge in [0.1, 0.15) is 0 Å². The molecule has 12 heteroatoms. The van der Waals surface area contributed by atoms with Crippen molar-refractivity contribution in [1.29, 1.82) is 0 Å². The van der Waals surface area contributed by atoms with Crippen LogP contribution in [-0.2, 0) is 18.9 Å². The zero-order valence-electron chi connectivity index (χ0n) is 37.8. The predicted molar refractivity (Wildman–Crippen MR) is 225 cm³/mol. The van der Waals surface area contributed by atoms with Crippen LogP contribution in [0.15, 0.2) is 0 Å². The third-order valence-corrected chi connectivity index (χ3v) is 13.2. The SMILES string of the molecule is CCN(C)C[C@@H]1CC[C@@H](CCB(O)O)C[C@]1(C)C(=O)NC(C)(C)C.CCN(C)C[C@@H]1CC[C@@H](CCB2OC(C)(C)C(C)(C)O2)C[C@]1(C)C(=O)NC(C)(C)C. The van der Waals surface area contributed by atoms with Crippen LogP contribution in [0.5, 0.6) is 0 Å². The van der Waals surface area contributed by atoms with Gasteiger partial charge in [0.25, 0.3) is 0 Å². The minimum Gasteiger partial charge on any atom is -0.427 e. The van der Waals surface area contributed by atoms with E-state index in [-0.39, 0.29) is 46.6 Å². The molecule has 314 valence electrons. The second kappa shape index (κ2) is 19.5. The zero-order valence-corrected chi connectivity index (χ0v) is 37.8. The first-order valence-electron chi connectivity index (χ1n) is 21.3. The fourth-order valence-electron chi connectivity index (χ4n) is 8.70. The molecular formula is C42H84B2N4O6. The van der Waals surface area contributed by atoms with E-state index in [2.05, 4.69) is 111 Å². The molecule has 2 saturated carbocycles. The van der Waals surface area contributed by atoms with Gasteiger partial charge < -0.3 is 39.8 Å². The van der Waals surface area contributed by atoms with Gasteiger partial charge >= 0.3 is 14.2 Å². The lowest BCUT2D eigenvalue weighted by Crippen LogP contribution is -2.54. The fraction of sp³-hybridized carbons (Fsp3) is 0.952. The molecular weight excluding hydrogens is 678 g/mol. The number of nitrogens with one attached hydrogen (secondary N) is 2. The first kappa shape index (κ1) is 49.0. The third-order valence-electron chi connectivity index (χ3n) is 13.2. The highest BCUT2D eigenvalue weighted by atomic mass is 16.7. The van der Waals surface area contributed by atoms with Crippen LogP contribution in [0.2, 0.25) is 12.6 Å². The van der Waals surface area contributed by atoms with Gasteiger partial charge in [0, 0.05) is 24.2 Å². The van der Waals surface area contributed by atoms with Crippen LogP contribution < -0.4 is 10.6 Å². The lowest BCUT2D eigenvalue weighted by atomic mass is 9.61. The largest absolute Gasteiger partial charge is 0.457 e. The second-order valence-corrected chi connectivity index (χ2v) is 21.0. The molecule has 0 radical (unpaired) electrons. The monoisotopic (exact) mass is 763 g/mol. The highest BCUT2D eigenvalue weighted by Gasteiger charge is 2.52.